The van der Waals surface area contributed by atoms with Crippen LogP contribution in [0.3, 0.4) is 0 Å². The Kier molecular flexibility index (Phi) is 8.09. The highest BCUT2D eigenvalue weighted by Gasteiger charge is 1.95. The predicted molar refractivity (Wildman–Crippen MR) is 53.1 cm³/mol. The SMILES string of the molecule is CCCCCC(C)/C=C/CC=O. The van der Waals surface area contributed by atoms with Crippen molar-refractivity contribution in [3.63, 3.8) is 0 Å². The van der Waals surface area contributed by atoms with Gasteiger partial charge >= 0.3 is 0 Å². The summed E-state index contributed by atoms with van der Waals surface area (Å²) in [5.41, 5.74) is 0. The van der Waals surface area contributed by atoms with Crippen LogP contribution < -0.4 is 0 Å². The van der Waals surface area contributed by atoms with Crippen molar-refractivity contribution < 1.29 is 4.79 Å². The summed E-state index contributed by atoms with van der Waals surface area (Å²) in [6.45, 7) is 4.42. The van der Waals surface area contributed by atoms with Crippen molar-refractivity contribution in [1.82, 2.24) is 0 Å². The maximum Gasteiger partial charge on any atom is 0.123 e. The average molecular weight is 168 g/mol. The van der Waals surface area contributed by atoms with Crippen LogP contribution in [0.15, 0.2) is 12.2 Å². The van der Waals surface area contributed by atoms with Gasteiger partial charge in [-0.2, -0.15) is 0 Å². The number of hydrogen-bond donors (Lipinski definition) is 0. The lowest BCUT2D eigenvalue weighted by Gasteiger charge is -2.03. The smallest absolute Gasteiger partial charge is 0.123 e. The van der Waals surface area contributed by atoms with Gasteiger partial charge in [-0.3, -0.25) is 0 Å². The fourth-order valence-corrected chi connectivity index (χ4v) is 1.18. The molecule has 0 heterocycles. The van der Waals surface area contributed by atoms with Crippen LogP contribution >= 0.6 is 0 Å². The summed E-state index contributed by atoms with van der Waals surface area (Å²) >= 11 is 0. The highest BCUT2D eigenvalue weighted by atomic mass is 16.1. The molecule has 0 aromatic heterocycles. The van der Waals surface area contributed by atoms with Gasteiger partial charge in [0.05, 0.1) is 0 Å². The largest absolute Gasteiger partial charge is 0.303 e. The molecule has 0 spiro atoms. The van der Waals surface area contributed by atoms with Crippen molar-refractivity contribution in [2.45, 2.75) is 46.0 Å². The lowest BCUT2D eigenvalue weighted by atomic mass is 10.0. The van der Waals surface area contributed by atoms with Crippen LogP contribution in [0.25, 0.3) is 0 Å². The van der Waals surface area contributed by atoms with E-state index < -0.39 is 0 Å². The Balaban J connectivity index is 3.31. The Labute approximate surface area is 75.9 Å². The molecule has 0 aromatic carbocycles. The Morgan fingerprint density at radius 1 is 1.33 bits per heavy atom. The Morgan fingerprint density at radius 2 is 2.08 bits per heavy atom. The predicted octanol–water partition coefficient (Wildman–Crippen LogP) is 3.35. The minimum atomic E-state index is 0.568. The number of carbonyl (C=O) groups is 1. The monoisotopic (exact) mass is 168 g/mol. The second kappa shape index (κ2) is 8.51. The molecular formula is C11H20O. The van der Waals surface area contributed by atoms with E-state index in [2.05, 4.69) is 19.9 Å². The van der Waals surface area contributed by atoms with E-state index in [0.29, 0.717) is 12.3 Å². The third-order valence-electron chi connectivity index (χ3n) is 1.96. The summed E-state index contributed by atoms with van der Waals surface area (Å²) in [6, 6.07) is 0. The topological polar surface area (TPSA) is 17.1 Å². The van der Waals surface area contributed by atoms with Gasteiger partial charge in [0.25, 0.3) is 0 Å². The molecule has 0 aliphatic carbocycles. The molecule has 0 aliphatic rings. The van der Waals surface area contributed by atoms with E-state index in [9.17, 15) is 4.79 Å². The molecule has 0 radical (unpaired) electrons. The minimum absolute atomic E-state index is 0.568. The molecule has 1 atom stereocenters. The Hall–Kier alpha value is -0.590. The maximum absolute atomic E-state index is 10.00. The molecule has 0 rings (SSSR count). The van der Waals surface area contributed by atoms with E-state index in [1.807, 2.05) is 6.08 Å². The molecule has 0 amide bonds. The van der Waals surface area contributed by atoms with E-state index in [1.165, 1.54) is 25.7 Å². The fourth-order valence-electron chi connectivity index (χ4n) is 1.18. The Bertz CT molecular complexity index is 127. The van der Waals surface area contributed by atoms with Crippen LogP contribution in [0.4, 0.5) is 0 Å². The average Bonchev–Trinajstić information content (AvgIpc) is 2.06. The third-order valence-corrected chi connectivity index (χ3v) is 1.96. The molecule has 12 heavy (non-hydrogen) atoms. The number of hydrogen-bond acceptors (Lipinski definition) is 1. The zero-order valence-electron chi connectivity index (χ0n) is 8.25. The maximum atomic E-state index is 10.00. The van der Waals surface area contributed by atoms with Gasteiger partial charge in [0, 0.05) is 6.42 Å². The van der Waals surface area contributed by atoms with Crippen LogP contribution in [0.2, 0.25) is 0 Å². The number of aldehydes is 1. The van der Waals surface area contributed by atoms with Crippen molar-refractivity contribution in [2.24, 2.45) is 5.92 Å². The van der Waals surface area contributed by atoms with E-state index in [-0.39, 0.29) is 0 Å². The number of carbonyl (C=O) groups excluding carboxylic acids is 1. The molecule has 1 heteroatoms. The normalized spacial score (nSPS) is 13.5. The minimum Gasteiger partial charge on any atom is -0.303 e. The second-order valence-corrected chi connectivity index (χ2v) is 3.30. The summed E-state index contributed by atoms with van der Waals surface area (Å²) < 4.78 is 0. The molecule has 0 N–H and O–H groups in total. The standard InChI is InChI=1S/C11H20O/c1-3-4-5-8-11(2)9-6-7-10-12/h6,9-11H,3-5,7-8H2,1-2H3/b9-6+. The number of rotatable bonds is 7. The van der Waals surface area contributed by atoms with Crippen LogP contribution in [0.5, 0.6) is 0 Å². The van der Waals surface area contributed by atoms with Crippen LogP contribution in [0, 0.1) is 5.92 Å². The molecular weight excluding hydrogens is 148 g/mol. The third kappa shape index (κ3) is 7.52. The van der Waals surface area contributed by atoms with E-state index in [1.54, 1.807) is 0 Å². The van der Waals surface area contributed by atoms with E-state index in [0.717, 1.165) is 6.29 Å². The zero-order chi connectivity index (χ0) is 9.23. The molecule has 0 aromatic rings. The van der Waals surface area contributed by atoms with Crippen LogP contribution in [0.1, 0.15) is 46.0 Å². The van der Waals surface area contributed by atoms with Gasteiger partial charge in [-0.05, 0) is 12.3 Å². The summed E-state index contributed by atoms with van der Waals surface area (Å²) in [6.07, 6.45) is 10.8. The lowest BCUT2D eigenvalue weighted by molar-refractivity contribution is -0.107. The van der Waals surface area contributed by atoms with Gasteiger partial charge in [-0.1, -0.05) is 45.3 Å². The molecule has 1 unspecified atom stereocenters. The van der Waals surface area contributed by atoms with E-state index in [4.69, 9.17) is 0 Å². The first kappa shape index (κ1) is 11.4. The highest BCUT2D eigenvalue weighted by molar-refractivity contribution is 5.51. The molecule has 0 saturated carbocycles. The molecule has 0 bridgehead atoms. The van der Waals surface area contributed by atoms with Gasteiger partial charge in [-0.15, -0.1) is 0 Å². The molecule has 0 aliphatic heterocycles. The van der Waals surface area contributed by atoms with Gasteiger partial charge in [0.15, 0.2) is 0 Å². The van der Waals surface area contributed by atoms with Gasteiger partial charge < -0.3 is 4.79 Å². The quantitative estimate of drug-likeness (QED) is 0.324. The van der Waals surface area contributed by atoms with E-state index >= 15 is 0 Å². The first-order valence-electron chi connectivity index (χ1n) is 4.91. The van der Waals surface area contributed by atoms with Crippen molar-refractivity contribution in [1.29, 1.82) is 0 Å². The van der Waals surface area contributed by atoms with Crippen molar-refractivity contribution in [2.75, 3.05) is 0 Å². The van der Waals surface area contributed by atoms with Gasteiger partial charge in [0.2, 0.25) is 0 Å². The van der Waals surface area contributed by atoms with Crippen molar-refractivity contribution in [3.8, 4) is 0 Å². The summed E-state index contributed by atoms with van der Waals surface area (Å²) in [4.78, 5) is 10.00. The van der Waals surface area contributed by atoms with Crippen LogP contribution in [-0.4, -0.2) is 6.29 Å². The second-order valence-electron chi connectivity index (χ2n) is 3.30. The molecule has 1 nitrogen and oxygen atoms in total. The summed E-state index contributed by atoms with van der Waals surface area (Å²) in [5.74, 6) is 0.636. The van der Waals surface area contributed by atoms with Gasteiger partial charge in [-0.25, -0.2) is 0 Å². The lowest BCUT2D eigenvalue weighted by Crippen LogP contribution is -1.89. The number of allylic oxidation sites excluding steroid dienone is 2. The summed E-state index contributed by atoms with van der Waals surface area (Å²) in [7, 11) is 0. The van der Waals surface area contributed by atoms with Crippen molar-refractivity contribution >= 4 is 6.29 Å². The highest BCUT2D eigenvalue weighted by Crippen LogP contribution is 2.10. The fraction of sp³-hybridized carbons (Fsp3) is 0.727. The zero-order valence-corrected chi connectivity index (χ0v) is 8.25. The number of unbranched alkanes of at least 4 members (excludes halogenated alkanes) is 2. The molecule has 70 valence electrons. The first-order chi connectivity index (χ1) is 5.81. The molecule has 0 saturated heterocycles. The van der Waals surface area contributed by atoms with Crippen molar-refractivity contribution in [3.05, 3.63) is 12.2 Å². The first-order valence-corrected chi connectivity index (χ1v) is 4.91. The molecule has 0 fully saturated rings. The Morgan fingerprint density at radius 3 is 2.67 bits per heavy atom. The van der Waals surface area contributed by atoms with Gasteiger partial charge in [0.1, 0.15) is 6.29 Å². The summed E-state index contributed by atoms with van der Waals surface area (Å²) in [5, 5.41) is 0. The van der Waals surface area contributed by atoms with Crippen LogP contribution in [-0.2, 0) is 4.79 Å².